The Hall–Kier alpha value is -1.08. The number of nitrogens with two attached hydrogens (primary N) is 1. The molecule has 2 rings (SSSR count). The van der Waals surface area contributed by atoms with Gasteiger partial charge in [0.2, 0.25) is 5.13 Å². The normalized spacial score (nSPS) is 11.7. The van der Waals surface area contributed by atoms with Crippen LogP contribution in [0.15, 0.2) is 24.3 Å². The molecule has 0 saturated heterocycles. The van der Waals surface area contributed by atoms with Crippen molar-refractivity contribution in [1.29, 1.82) is 0 Å². The fraction of sp³-hybridized carbons (Fsp3) is 0.111. The summed E-state index contributed by atoms with van der Waals surface area (Å²) in [5.41, 5.74) is 5.88. The van der Waals surface area contributed by atoms with Gasteiger partial charge in [0, 0.05) is 11.1 Å². The Morgan fingerprint density at radius 1 is 1.31 bits per heavy atom. The molecule has 0 atom stereocenters. The van der Waals surface area contributed by atoms with Gasteiger partial charge in [0.05, 0.1) is 0 Å². The maximum Gasteiger partial charge on any atom is 0.326 e. The number of aromatic nitrogens is 2. The lowest BCUT2D eigenvalue weighted by atomic mass is 10.1. The van der Waals surface area contributed by atoms with Crippen molar-refractivity contribution >= 4 is 32.4 Å². The van der Waals surface area contributed by atoms with Crippen molar-refractivity contribution in [2.24, 2.45) is 0 Å². The van der Waals surface area contributed by atoms with E-state index in [0.29, 0.717) is 15.7 Å². The Morgan fingerprint density at radius 2 is 2.06 bits per heavy atom. The van der Waals surface area contributed by atoms with Crippen LogP contribution in [-0.2, 0) is 4.83 Å². The van der Waals surface area contributed by atoms with Crippen LogP contribution in [0.25, 0.3) is 10.6 Å². The van der Waals surface area contributed by atoms with Gasteiger partial charge >= 0.3 is 4.83 Å². The second-order valence-corrected chi connectivity index (χ2v) is 5.03. The number of nitrogens with zero attached hydrogens (tertiary/aromatic N) is 2. The number of alkyl halides is 3. The molecule has 0 fully saturated rings. The van der Waals surface area contributed by atoms with Crippen molar-refractivity contribution in [3.63, 3.8) is 0 Å². The third kappa shape index (κ3) is 2.35. The summed E-state index contributed by atoms with van der Waals surface area (Å²) < 4.78 is 26.0. The highest BCUT2D eigenvalue weighted by Crippen LogP contribution is 2.36. The summed E-state index contributed by atoms with van der Waals surface area (Å²) in [6, 6.07) is 5.91. The monoisotopic (exact) mass is 305 g/mol. The van der Waals surface area contributed by atoms with E-state index in [4.69, 9.17) is 5.73 Å². The molecule has 2 N–H and O–H groups in total. The van der Waals surface area contributed by atoms with E-state index in [1.165, 1.54) is 18.2 Å². The van der Waals surface area contributed by atoms with Gasteiger partial charge < -0.3 is 5.73 Å². The summed E-state index contributed by atoms with van der Waals surface area (Å²) in [7, 11) is 0. The number of benzene rings is 1. The van der Waals surface area contributed by atoms with Gasteiger partial charge in [0.25, 0.3) is 0 Å². The summed E-state index contributed by atoms with van der Waals surface area (Å²) in [6.45, 7) is 0. The summed E-state index contributed by atoms with van der Waals surface area (Å²) in [5.74, 6) is 0. The Labute approximate surface area is 102 Å². The van der Waals surface area contributed by atoms with Crippen LogP contribution in [0.4, 0.5) is 13.9 Å². The minimum absolute atomic E-state index is 0.126. The molecule has 0 spiro atoms. The molecule has 16 heavy (non-hydrogen) atoms. The van der Waals surface area contributed by atoms with E-state index in [0.717, 1.165) is 11.3 Å². The fourth-order valence-electron chi connectivity index (χ4n) is 1.18. The SMILES string of the molecule is Nc1nnc(-c2cccc(C(F)(F)Br)c2)s1. The number of hydrogen-bond donors (Lipinski definition) is 1. The van der Waals surface area contributed by atoms with Gasteiger partial charge in [-0.25, -0.2) is 0 Å². The Balaban J connectivity index is 2.44. The van der Waals surface area contributed by atoms with Gasteiger partial charge in [-0.15, -0.1) is 10.2 Å². The molecule has 1 aromatic heterocycles. The topological polar surface area (TPSA) is 51.8 Å². The van der Waals surface area contributed by atoms with E-state index in [2.05, 4.69) is 26.1 Å². The molecular formula is C9H6BrF2N3S. The molecule has 1 heterocycles. The van der Waals surface area contributed by atoms with Gasteiger partial charge in [-0.05, 0) is 22.0 Å². The van der Waals surface area contributed by atoms with E-state index in [1.807, 2.05) is 0 Å². The number of hydrogen-bond acceptors (Lipinski definition) is 4. The highest BCUT2D eigenvalue weighted by Gasteiger charge is 2.27. The molecule has 0 saturated carbocycles. The predicted molar refractivity (Wildman–Crippen MR) is 62.6 cm³/mol. The first-order valence-electron chi connectivity index (χ1n) is 4.23. The van der Waals surface area contributed by atoms with Crippen LogP contribution in [0.3, 0.4) is 0 Å². The van der Waals surface area contributed by atoms with Crippen LogP contribution < -0.4 is 5.73 Å². The first kappa shape index (κ1) is 11.4. The first-order chi connectivity index (χ1) is 7.47. The Bertz CT molecular complexity index is 509. The number of nitrogen functional groups attached to an aromatic ring is 1. The summed E-state index contributed by atoms with van der Waals surface area (Å²) in [4.78, 5) is -3.04. The lowest BCUT2D eigenvalue weighted by molar-refractivity contribution is 0.114. The van der Waals surface area contributed by atoms with Crippen LogP contribution in [0.2, 0.25) is 0 Å². The van der Waals surface area contributed by atoms with Crippen molar-refractivity contribution in [3.8, 4) is 10.6 Å². The molecule has 0 aliphatic heterocycles. The molecule has 0 radical (unpaired) electrons. The molecule has 7 heteroatoms. The average molecular weight is 306 g/mol. The highest BCUT2D eigenvalue weighted by molar-refractivity contribution is 9.09. The highest BCUT2D eigenvalue weighted by atomic mass is 79.9. The van der Waals surface area contributed by atoms with E-state index in [1.54, 1.807) is 6.07 Å². The molecular weight excluding hydrogens is 300 g/mol. The van der Waals surface area contributed by atoms with Gasteiger partial charge in [-0.3, -0.25) is 0 Å². The number of halogens is 3. The smallest absolute Gasteiger partial charge is 0.326 e. The maximum atomic E-state index is 13.0. The van der Waals surface area contributed by atoms with Gasteiger partial charge in [0.1, 0.15) is 5.01 Å². The third-order valence-electron chi connectivity index (χ3n) is 1.88. The molecule has 2 aromatic rings. The van der Waals surface area contributed by atoms with Gasteiger partial charge in [-0.2, -0.15) is 8.78 Å². The molecule has 0 bridgehead atoms. The zero-order valence-corrected chi connectivity index (χ0v) is 10.2. The van der Waals surface area contributed by atoms with Crippen molar-refractivity contribution in [2.75, 3.05) is 5.73 Å². The van der Waals surface area contributed by atoms with Crippen molar-refractivity contribution < 1.29 is 8.78 Å². The van der Waals surface area contributed by atoms with Crippen molar-refractivity contribution in [1.82, 2.24) is 10.2 Å². The summed E-state index contributed by atoms with van der Waals surface area (Å²) in [5, 5.41) is 8.26. The lowest BCUT2D eigenvalue weighted by Gasteiger charge is -2.08. The molecule has 84 valence electrons. The van der Waals surface area contributed by atoms with Crippen LogP contribution in [-0.4, -0.2) is 10.2 Å². The van der Waals surface area contributed by atoms with E-state index in [9.17, 15) is 8.78 Å². The zero-order chi connectivity index (χ0) is 11.8. The largest absolute Gasteiger partial charge is 0.374 e. The molecule has 0 amide bonds. The second kappa shape index (κ2) is 4.06. The van der Waals surface area contributed by atoms with Crippen LogP contribution in [0, 0.1) is 0 Å². The predicted octanol–water partition coefficient (Wildman–Crippen LogP) is 3.23. The maximum absolute atomic E-state index is 13.0. The second-order valence-electron chi connectivity index (χ2n) is 3.02. The first-order valence-corrected chi connectivity index (χ1v) is 5.84. The minimum Gasteiger partial charge on any atom is -0.374 e. The molecule has 0 aliphatic rings. The molecule has 0 aliphatic carbocycles. The standard InChI is InChI=1S/C9H6BrF2N3S/c10-9(11,12)6-3-1-2-5(4-6)7-14-15-8(13)16-7/h1-4H,(H2,13,15). The third-order valence-corrected chi connectivity index (χ3v) is 3.14. The Kier molecular flexibility index (Phi) is 2.90. The number of anilines is 1. The van der Waals surface area contributed by atoms with Gasteiger partial charge in [-0.1, -0.05) is 29.5 Å². The van der Waals surface area contributed by atoms with E-state index < -0.39 is 4.83 Å². The summed E-state index contributed by atoms with van der Waals surface area (Å²) >= 11 is 3.46. The van der Waals surface area contributed by atoms with Crippen LogP contribution in [0.1, 0.15) is 5.56 Å². The Morgan fingerprint density at radius 3 is 2.62 bits per heavy atom. The fourth-order valence-corrected chi connectivity index (χ4v) is 2.03. The van der Waals surface area contributed by atoms with Crippen LogP contribution >= 0.6 is 27.3 Å². The quantitative estimate of drug-likeness (QED) is 0.867. The van der Waals surface area contributed by atoms with E-state index >= 15 is 0 Å². The average Bonchev–Trinajstić information content (AvgIpc) is 2.64. The van der Waals surface area contributed by atoms with Crippen molar-refractivity contribution in [3.05, 3.63) is 29.8 Å². The minimum atomic E-state index is -3.04. The number of rotatable bonds is 2. The molecule has 1 aromatic carbocycles. The lowest BCUT2D eigenvalue weighted by Crippen LogP contribution is -2.01. The van der Waals surface area contributed by atoms with Gasteiger partial charge in [0.15, 0.2) is 0 Å². The van der Waals surface area contributed by atoms with Crippen LogP contribution in [0.5, 0.6) is 0 Å². The van der Waals surface area contributed by atoms with E-state index in [-0.39, 0.29) is 5.56 Å². The molecule has 3 nitrogen and oxygen atoms in total. The van der Waals surface area contributed by atoms with Crippen molar-refractivity contribution in [2.45, 2.75) is 4.83 Å². The summed E-state index contributed by atoms with van der Waals surface area (Å²) in [6.07, 6.45) is 0. The molecule has 0 unspecified atom stereocenters. The zero-order valence-electron chi connectivity index (χ0n) is 7.82.